The second-order valence-electron chi connectivity index (χ2n) is 5.71. The summed E-state index contributed by atoms with van der Waals surface area (Å²) in [7, 11) is 0. The molecule has 0 radical (unpaired) electrons. The summed E-state index contributed by atoms with van der Waals surface area (Å²) in [4.78, 5) is 11.6. The van der Waals surface area contributed by atoms with E-state index in [1.54, 1.807) is 0 Å². The number of aliphatic hydroxyl groups is 1. The summed E-state index contributed by atoms with van der Waals surface area (Å²) in [6.07, 6.45) is 8.11. The fourth-order valence-corrected chi connectivity index (χ4v) is 2.64. The van der Waals surface area contributed by atoms with E-state index in [-0.39, 0.29) is 18.2 Å². The third kappa shape index (κ3) is 6.39. The first-order valence-electron chi connectivity index (χ1n) is 7.49. The molecular formula is C15H28O3. The van der Waals surface area contributed by atoms with Crippen LogP contribution >= 0.6 is 0 Å². The summed E-state index contributed by atoms with van der Waals surface area (Å²) in [5.41, 5.74) is 0. The van der Waals surface area contributed by atoms with Gasteiger partial charge in [0.2, 0.25) is 0 Å². The average Bonchev–Trinajstić information content (AvgIpc) is 2.32. The average molecular weight is 256 g/mol. The van der Waals surface area contributed by atoms with Gasteiger partial charge in [-0.05, 0) is 38.0 Å². The van der Waals surface area contributed by atoms with Crippen molar-refractivity contribution >= 4 is 5.97 Å². The second-order valence-corrected chi connectivity index (χ2v) is 5.71. The Morgan fingerprint density at radius 3 is 2.56 bits per heavy atom. The van der Waals surface area contributed by atoms with Crippen molar-refractivity contribution in [1.29, 1.82) is 0 Å². The zero-order valence-electron chi connectivity index (χ0n) is 11.9. The molecule has 0 aliphatic heterocycles. The van der Waals surface area contributed by atoms with Crippen molar-refractivity contribution < 1.29 is 14.6 Å². The zero-order valence-corrected chi connectivity index (χ0v) is 11.9. The summed E-state index contributed by atoms with van der Waals surface area (Å²) in [6.45, 7) is 4.44. The van der Waals surface area contributed by atoms with Gasteiger partial charge < -0.3 is 9.84 Å². The predicted molar refractivity (Wildman–Crippen MR) is 72.3 cm³/mol. The molecule has 0 bridgehead atoms. The topological polar surface area (TPSA) is 46.5 Å². The van der Waals surface area contributed by atoms with Gasteiger partial charge >= 0.3 is 5.97 Å². The molecule has 1 unspecified atom stereocenters. The van der Waals surface area contributed by atoms with E-state index in [0.717, 1.165) is 38.5 Å². The maximum atomic E-state index is 11.6. The number of aliphatic hydroxyl groups excluding tert-OH is 1. The molecule has 1 rings (SSSR count). The first kappa shape index (κ1) is 15.5. The van der Waals surface area contributed by atoms with Crippen LogP contribution in [0.3, 0.4) is 0 Å². The van der Waals surface area contributed by atoms with Gasteiger partial charge in [0.15, 0.2) is 0 Å². The number of esters is 1. The molecule has 1 N–H and O–H groups in total. The van der Waals surface area contributed by atoms with Crippen molar-refractivity contribution in [2.24, 2.45) is 5.92 Å². The molecule has 1 aliphatic carbocycles. The summed E-state index contributed by atoms with van der Waals surface area (Å²) < 4.78 is 5.43. The van der Waals surface area contributed by atoms with E-state index in [4.69, 9.17) is 4.74 Å². The fourth-order valence-electron chi connectivity index (χ4n) is 2.64. The third-order valence-electron chi connectivity index (χ3n) is 3.80. The van der Waals surface area contributed by atoms with Gasteiger partial charge in [0.1, 0.15) is 6.10 Å². The zero-order chi connectivity index (χ0) is 13.4. The Morgan fingerprint density at radius 1 is 1.28 bits per heavy atom. The van der Waals surface area contributed by atoms with Crippen LogP contribution in [-0.4, -0.2) is 23.3 Å². The van der Waals surface area contributed by atoms with Crippen LogP contribution in [0.15, 0.2) is 0 Å². The number of carbonyl (C=O) groups is 1. The van der Waals surface area contributed by atoms with Crippen molar-refractivity contribution in [2.75, 3.05) is 0 Å². The molecule has 0 spiro atoms. The van der Waals surface area contributed by atoms with Crippen LogP contribution < -0.4 is 0 Å². The molecule has 0 aromatic carbocycles. The number of rotatable bonds is 7. The van der Waals surface area contributed by atoms with Gasteiger partial charge in [0.05, 0.1) is 6.10 Å². The largest absolute Gasteiger partial charge is 0.462 e. The van der Waals surface area contributed by atoms with Gasteiger partial charge in [-0.2, -0.15) is 0 Å². The van der Waals surface area contributed by atoms with Gasteiger partial charge in [-0.15, -0.1) is 0 Å². The Balaban J connectivity index is 2.06. The maximum Gasteiger partial charge on any atom is 0.306 e. The van der Waals surface area contributed by atoms with E-state index in [0.29, 0.717) is 12.3 Å². The molecule has 1 fully saturated rings. The standard InChI is InChI=1S/C15H28O3/c1-3-5-12(2)6-4-7-15(17)18-14-10-8-13(16)9-11-14/h12-14,16H,3-11H2,1-2H3. The van der Waals surface area contributed by atoms with Crippen molar-refractivity contribution in [3.63, 3.8) is 0 Å². The number of hydrogen-bond donors (Lipinski definition) is 1. The molecule has 0 aromatic heterocycles. The molecule has 0 aromatic rings. The van der Waals surface area contributed by atoms with Gasteiger partial charge in [0, 0.05) is 6.42 Å². The minimum absolute atomic E-state index is 0.0500. The van der Waals surface area contributed by atoms with Gasteiger partial charge in [-0.3, -0.25) is 4.79 Å². The van der Waals surface area contributed by atoms with Crippen LogP contribution in [0.25, 0.3) is 0 Å². The summed E-state index contributed by atoms with van der Waals surface area (Å²) >= 11 is 0. The molecule has 0 heterocycles. The first-order chi connectivity index (χ1) is 8.61. The van der Waals surface area contributed by atoms with E-state index in [1.165, 1.54) is 12.8 Å². The molecule has 106 valence electrons. The van der Waals surface area contributed by atoms with Crippen molar-refractivity contribution in [2.45, 2.75) is 83.8 Å². The number of carbonyl (C=O) groups excluding carboxylic acids is 1. The highest BCUT2D eigenvalue weighted by Gasteiger charge is 2.22. The molecule has 3 nitrogen and oxygen atoms in total. The molecule has 0 saturated heterocycles. The van der Waals surface area contributed by atoms with E-state index in [1.807, 2.05) is 0 Å². The maximum absolute atomic E-state index is 11.6. The molecule has 1 atom stereocenters. The quantitative estimate of drug-likeness (QED) is 0.710. The Kier molecular flexibility index (Phi) is 7.33. The lowest BCUT2D eigenvalue weighted by Crippen LogP contribution is -2.26. The number of hydrogen-bond acceptors (Lipinski definition) is 3. The summed E-state index contributed by atoms with van der Waals surface area (Å²) in [5, 5.41) is 9.37. The van der Waals surface area contributed by atoms with Crippen molar-refractivity contribution in [3.05, 3.63) is 0 Å². The van der Waals surface area contributed by atoms with Crippen molar-refractivity contribution in [1.82, 2.24) is 0 Å². The van der Waals surface area contributed by atoms with E-state index in [9.17, 15) is 9.90 Å². The summed E-state index contributed by atoms with van der Waals surface area (Å²) in [6, 6.07) is 0. The van der Waals surface area contributed by atoms with Crippen LogP contribution in [-0.2, 0) is 9.53 Å². The molecule has 0 amide bonds. The lowest BCUT2D eigenvalue weighted by atomic mass is 9.95. The van der Waals surface area contributed by atoms with Crippen molar-refractivity contribution in [3.8, 4) is 0 Å². The van der Waals surface area contributed by atoms with Gasteiger partial charge in [-0.25, -0.2) is 0 Å². The van der Waals surface area contributed by atoms with Gasteiger partial charge in [-0.1, -0.05) is 33.1 Å². The van der Waals surface area contributed by atoms with E-state index >= 15 is 0 Å². The van der Waals surface area contributed by atoms with E-state index in [2.05, 4.69) is 13.8 Å². The van der Waals surface area contributed by atoms with Crippen LogP contribution in [0.4, 0.5) is 0 Å². The predicted octanol–water partition coefficient (Wildman–Crippen LogP) is 3.44. The Labute approximate surface area is 111 Å². The van der Waals surface area contributed by atoms with Gasteiger partial charge in [0.25, 0.3) is 0 Å². The van der Waals surface area contributed by atoms with E-state index < -0.39 is 0 Å². The smallest absolute Gasteiger partial charge is 0.306 e. The highest BCUT2D eigenvalue weighted by molar-refractivity contribution is 5.69. The molecule has 3 heteroatoms. The SMILES string of the molecule is CCCC(C)CCCC(=O)OC1CCC(O)CC1. The first-order valence-corrected chi connectivity index (χ1v) is 7.49. The second kappa shape index (κ2) is 8.52. The minimum atomic E-state index is -0.185. The highest BCUT2D eigenvalue weighted by atomic mass is 16.5. The van der Waals surface area contributed by atoms with Crippen LogP contribution in [0.5, 0.6) is 0 Å². The lowest BCUT2D eigenvalue weighted by Gasteiger charge is -2.25. The molecule has 1 saturated carbocycles. The summed E-state index contributed by atoms with van der Waals surface area (Å²) in [5.74, 6) is 0.660. The van der Waals surface area contributed by atoms with Crippen LogP contribution in [0.1, 0.15) is 71.6 Å². The Bertz CT molecular complexity index is 232. The highest BCUT2D eigenvalue weighted by Crippen LogP contribution is 2.22. The Morgan fingerprint density at radius 2 is 1.94 bits per heavy atom. The third-order valence-corrected chi connectivity index (χ3v) is 3.80. The Hall–Kier alpha value is -0.570. The normalized spacial score (nSPS) is 25.7. The molecule has 18 heavy (non-hydrogen) atoms. The minimum Gasteiger partial charge on any atom is -0.462 e. The lowest BCUT2D eigenvalue weighted by molar-refractivity contribution is -0.151. The van der Waals surface area contributed by atoms with Crippen LogP contribution in [0.2, 0.25) is 0 Å². The monoisotopic (exact) mass is 256 g/mol. The molecular weight excluding hydrogens is 228 g/mol. The molecule has 1 aliphatic rings. The van der Waals surface area contributed by atoms with Crippen LogP contribution in [0, 0.1) is 5.92 Å². The number of ether oxygens (including phenoxy) is 1. The fraction of sp³-hybridized carbons (Fsp3) is 0.933.